The van der Waals surface area contributed by atoms with Crippen molar-refractivity contribution in [1.29, 1.82) is 5.26 Å². The summed E-state index contributed by atoms with van der Waals surface area (Å²) in [6.07, 6.45) is -4.33. The van der Waals surface area contributed by atoms with Crippen molar-refractivity contribution in [1.82, 2.24) is 0 Å². The van der Waals surface area contributed by atoms with Gasteiger partial charge in [0.2, 0.25) is 0 Å². The smallest absolute Gasteiger partial charge is 0.294 e. The first-order valence-corrected chi connectivity index (χ1v) is 6.09. The summed E-state index contributed by atoms with van der Waals surface area (Å²) in [5.41, 5.74) is 0.643. The third kappa shape index (κ3) is 3.69. The molecule has 0 atom stereocenters. The van der Waals surface area contributed by atoms with Crippen LogP contribution in [0.4, 0.5) is 13.2 Å². The Bertz CT molecular complexity index is 679. The highest BCUT2D eigenvalue weighted by molar-refractivity contribution is 5.97. The molecule has 0 spiro atoms. The molecule has 106 valence electrons. The molecule has 0 amide bonds. The number of hydrogen-bond acceptors (Lipinski definition) is 2. The van der Waals surface area contributed by atoms with Gasteiger partial charge in [-0.3, -0.25) is 4.79 Å². The van der Waals surface area contributed by atoms with Crippen LogP contribution in [0.25, 0.3) is 0 Å². The summed E-state index contributed by atoms with van der Waals surface area (Å²) >= 11 is 0. The first kappa shape index (κ1) is 14.8. The summed E-state index contributed by atoms with van der Waals surface area (Å²) in [4.78, 5) is 12.0. The third-order valence-corrected chi connectivity index (χ3v) is 2.98. The first-order valence-electron chi connectivity index (χ1n) is 6.09. The second kappa shape index (κ2) is 5.80. The standard InChI is InChI=1S/C16H10F3NO/c17-16(18,19)14-7-5-13(6-8-14)15(21)9-11-1-3-12(10-20)4-2-11/h1-8H,9H2. The molecule has 0 bridgehead atoms. The Morgan fingerprint density at radius 2 is 1.57 bits per heavy atom. The molecule has 2 nitrogen and oxygen atoms in total. The summed E-state index contributed by atoms with van der Waals surface area (Å²) < 4.78 is 37.3. The molecule has 21 heavy (non-hydrogen) atoms. The fraction of sp³-hybridized carbons (Fsp3) is 0.125. The van der Waals surface area contributed by atoms with E-state index < -0.39 is 11.7 Å². The largest absolute Gasteiger partial charge is 0.416 e. The molecule has 0 unspecified atom stereocenters. The average molecular weight is 289 g/mol. The van der Waals surface area contributed by atoms with Crippen molar-refractivity contribution in [3.63, 3.8) is 0 Å². The van der Waals surface area contributed by atoms with E-state index in [9.17, 15) is 18.0 Å². The van der Waals surface area contributed by atoms with Crippen LogP contribution in [0.1, 0.15) is 27.0 Å². The van der Waals surface area contributed by atoms with Gasteiger partial charge in [0.25, 0.3) is 0 Å². The van der Waals surface area contributed by atoms with E-state index in [1.807, 2.05) is 6.07 Å². The van der Waals surface area contributed by atoms with Gasteiger partial charge >= 0.3 is 6.18 Å². The number of nitrogens with zero attached hydrogens (tertiary/aromatic N) is 1. The van der Waals surface area contributed by atoms with E-state index in [1.165, 1.54) is 12.1 Å². The van der Waals surface area contributed by atoms with Gasteiger partial charge in [0.15, 0.2) is 5.78 Å². The van der Waals surface area contributed by atoms with Crippen LogP contribution in [0.5, 0.6) is 0 Å². The van der Waals surface area contributed by atoms with Crippen LogP contribution in [0, 0.1) is 11.3 Å². The van der Waals surface area contributed by atoms with Crippen molar-refractivity contribution in [3.8, 4) is 6.07 Å². The lowest BCUT2D eigenvalue weighted by Gasteiger charge is -2.07. The maximum Gasteiger partial charge on any atom is 0.416 e. The normalized spacial score (nSPS) is 11.0. The number of hydrogen-bond donors (Lipinski definition) is 0. The molecule has 0 aliphatic rings. The predicted octanol–water partition coefficient (Wildman–Crippen LogP) is 4.00. The van der Waals surface area contributed by atoms with E-state index in [0.717, 1.165) is 12.1 Å². The van der Waals surface area contributed by atoms with E-state index in [4.69, 9.17) is 5.26 Å². The van der Waals surface area contributed by atoms with Crippen LogP contribution < -0.4 is 0 Å². The monoisotopic (exact) mass is 289 g/mol. The van der Waals surface area contributed by atoms with E-state index in [0.29, 0.717) is 11.1 Å². The molecule has 0 radical (unpaired) electrons. The Hall–Kier alpha value is -2.61. The molecular formula is C16H10F3NO. The molecule has 0 aliphatic heterocycles. The van der Waals surface area contributed by atoms with E-state index in [1.54, 1.807) is 24.3 Å². The molecule has 2 aromatic carbocycles. The van der Waals surface area contributed by atoms with Gasteiger partial charge < -0.3 is 0 Å². The maximum atomic E-state index is 12.4. The van der Waals surface area contributed by atoms with Crippen LogP contribution in [0.3, 0.4) is 0 Å². The number of alkyl halides is 3. The Kier molecular flexibility index (Phi) is 4.08. The predicted molar refractivity (Wildman–Crippen MR) is 70.6 cm³/mol. The minimum Gasteiger partial charge on any atom is -0.294 e. The number of benzene rings is 2. The Morgan fingerprint density at radius 3 is 2.05 bits per heavy atom. The molecule has 0 aromatic heterocycles. The molecule has 5 heteroatoms. The van der Waals surface area contributed by atoms with Crippen molar-refractivity contribution in [3.05, 3.63) is 70.8 Å². The second-order valence-electron chi connectivity index (χ2n) is 4.48. The van der Waals surface area contributed by atoms with Gasteiger partial charge in [0.1, 0.15) is 0 Å². The quantitative estimate of drug-likeness (QED) is 0.801. The van der Waals surface area contributed by atoms with Crippen LogP contribution in [0.15, 0.2) is 48.5 Å². The number of halogens is 3. The second-order valence-corrected chi connectivity index (χ2v) is 4.48. The molecule has 0 saturated carbocycles. The Morgan fingerprint density at radius 1 is 1.00 bits per heavy atom. The lowest BCUT2D eigenvalue weighted by molar-refractivity contribution is -0.137. The van der Waals surface area contributed by atoms with Gasteiger partial charge in [-0.25, -0.2) is 0 Å². The van der Waals surface area contributed by atoms with Crippen LogP contribution in [-0.2, 0) is 12.6 Å². The zero-order valence-corrected chi connectivity index (χ0v) is 10.8. The molecule has 0 aliphatic carbocycles. The van der Waals surface area contributed by atoms with Gasteiger partial charge in [-0.15, -0.1) is 0 Å². The number of Topliss-reactive ketones (excluding diaryl/α,β-unsaturated/α-hetero) is 1. The van der Waals surface area contributed by atoms with Gasteiger partial charge in [-0.2, -0.15) is 18.4 Å². The molecule has 0 heterocycles. The highest BCUT2D eigenvalue weighted by atomic mass is 19.4. The Balaban J connectivity index is 2.11. The number of ketones is 1. The van der Waals surface area contributed by atoms with Crippen LogP contribution in [-0.4, -0.2) is 5.78 Å². The first-order chi connectivity index (χ1) is 9.90. The zero-order valence-electron chi connectivity index (χ0n) is 10.8. The molecule has 0 fully saturated rings. The summed E-state index contributed by atoms with van der Waals surface area (Å²) in [7, 11) is 0. The topological polar surface area (TPSA) is 40.9 Å². The lowest BCUT2D eigenvalue weighted by Crippen LogP contribution is -2.07. The van der Waals surface area contributed by atoms with Crippen molar-refractivity contribution in [2.75, 3.05) is 0 Å². The Labute approximate surface area is 119 Å². The number of carbonyl (C=O) groups excluding carboxylic acids is 1. The van der Waals surface area contributed by atoms with Gasteiger partial charge in [-0.1, -0.05) is 24.3 Å². The van der Waals surface area contributed by atoms with Crippen molar-refractivity contribution in [2.24, 2.45) is 0 Å². The maximum absolute atomic E-state index is 12.4. The summed E-state index contributed by atoms with van der Waals surface area (Å²) in [6, 6.07) is 12.6. The van der Waals surface area contributed by atoms with Crippen molar-refractivity contribution >= 4 is 5.78 Å². The minimum absolute atomic E-state index is 0.0804. The summed E-state index contributed by atoms with van der Waals surface area (Å²) in [6.45, 7) is 0. The van der Waals surface area contributed by atoms with Gasteiger partial charge in [-0.05, 0) is 29.8 Å². The van der Waals surface area contributed by atoms with Crippen LogP contribution in [0.2, 0.25) is 0 Å². The summed E-state index contributed by atoms with van der Waals surface area (Å²) in [5, 5.41) is 8.67. The number of nitriles is 1. The van der Waals surface area contributed by atoms with Crippen LogP contribution >= 0.6 is 0 Å². The molecular weight excluding hydrogens is 279 g/mol. The van der Waals surface area contributed by atoms with E-state index in [-0.39, 0.29) is 17.8 Å². The fourth-order valence-electron chi connectivity index (χ4n) is 1.83. The van der Waals surface area contributed by atoms with Gasteiger partial charge in [0, 0.05) is 12.0 Å². The number of rotatable bonds is 3. The van der Waals surface area contributed by atoms with Crippen molar-refractivity contribution in [2.45, 2.75) is 12.6 Å². The number of carbonyl (C=O) groups is 1. The minimum atomic E-state index is -4.41. The third-order valence-electron chi connectivity index (χ3n) is 2.98. The highest BCUT2D eigenvalue weighted by Gasteiger charge is 2.30. The molecule has 2 rings (SSSR count). The summed E-state index contributed by atoms with van der Waals surface area (Å²) in [5.74, 6) is -0.270. The zero-order chi connectivity index (χ0) is 15.5. The molecule has 0 saturated heterocycles. The lowest BCUT2D eigenvalue weighted by atomic mass is 10.0. The van der Waals surface area contributed by atoms with E-state index >= 15 is 0 Å². The average Bonchev–Trinajstić information content (AvgIpc) is 2.47. The fourth-order valence-corrected chi connectivity index (χ4v) is 1.83. The van der Waals surface area contributed by atoms with Crippen molar-refractivity contribution < 1.29 is 18.0 Å². The highest BCUT2D eigenvalue weighted by Crippen LogP contribution is 2.29. The molecule has 2 aromatic rings. The molecule has 0 N–H and O–H groups in total. The van der Waals surface area contributed by atoms with Gasteiger partial charge in [0.05, 0.1) is 17.2 Å². The van der Waals surface area contributed by atoms with E-state index in [2.05, 4.69) is 0 Å². The SMILES string of the molecule is N#Cc1ccc(CC(=O)c2ccc(C(F)(F)F)cc2)cc1.